The average molecular weight is 423 g/mol. The van der Waals surface area contributed by atoms with Crippen molar-refractivity contribution in [3.8, 4) is 5.75 Å². The highest BCUT2D eigenvalue weighted by Gasteiger charge is 2.13. The number of nitrogens with zero attached hydrogens (tertiary/aromatic N) is 1. The fourth-order valence-corrected chi connectivity index (χ4v) is 3.04. The molecule has 30 heavy (non-hydrogen) atoms. The minimum atomic E-state index is -0.238. The third kappa shape index (κ3) is 5.39. The van der Waals surface area contributed by atoms with Crippen LogP contribution in [-0.2, 0) is 13.2 Å². The Bertz CT molecular complexity index is 1030. The molecule has 1 N–H and O–H groups in total. The van der Waals surface area contributed by atoms with Crippen molar-refractivity contribution in [2.24, 2.45) is 0 Å². The molecular weight excluding hydrogens is 400 g/mol. The van der Waals surface area contributed by atoms with Gasteiger partial charge in [-0.2, -0.15) is 0 Å². The fraction of sp³-hybridized carbons (Fsp3) is 0.167. The summed E-state index contributed by atoms with van der Waals surface area (Å²) in [4.78, 5) is 26.2. The second kappa shape index (κ2) is 9.94. The largest absolute Gasteiger partial charge is 0.488 e. The highest BCUT2D eigenvalue weighted by molar-refractivity contribution is 6.31. The third-order valence-corrected chi connectivity index (χ3v) is 4.90. The Hall–Kier alpha value is -3.31. The lowest BCUT2D eigenvalue weighted by atomic mass is 10.1. The van der Waals surface area contributed by atoms with E-state index in [4.69, 9.17) is 16.3 Å². The van der Waals surface area contributed by atoms with Crippen LogP contribution in [0.5, 0.6) is 5.75 Å². The maximum absolute atomic E-state index is 12.7. The van der Waals surface area contributed by atoms with Gasteiger partial charge in [-0.1, -0.05) is 54.1 Å². The summed E-state index contributed by atoms with van der Waals surface area (Å²) in [6.07, 6.45) is 0. The van der Waals surface area contributed by atoms with Gasteiger partial charge in [-0.05, 0) is 35.9 Å². The molecule has 0 aliphatic heterocycles. The van der Waals surface area contributed by atoms with Gasteiger partial charge in [0.15, 0.2) is 0 Å². The van der Waals surface area contributed by atoms with Crippen molar-refractivity contribution in [3.63, 3.8) is 0 Å². The minimum Gasteiger partial charge on any atom is -0.488 e. The number of ether oxygens (including phenoxy) is 1. The molecule has 0 bridgehead atoms. The second-order valence-electron chi connectivity index (χ2n) is 6.96. The molecule has 154 valence electrons. The van der Waals surface area contributed by atoms with Crippen LogP contribution in [-0.4, -0.2) is 30.8 Å². The van der Waals surface area contributed by atoms with Crippen molar-refractivity contribution in [2.45, 2.75) is 13.2 Å². The number of carbonyl (C=O) groups is 2. The third-order valence-electron chi connectivity index (χ3n) is 4.53. The van der Waals surface area contributed by atoms with Crippen LogP contribution in [0.3, 0.4) is 0 Å². The molecular formula is C24H23ClN2O3. The summed E-state index contributed by atoms with van der Waals surface area (Å²) in [5.41, 5.74) is 2.80. The number of nitrogens with one attached hydrogen (secondary N) is 1. The number of hydrogen-bond donors (Lipinski definition) is 1. The lowest BCUT2D eigenvalue weighted by molar-refractivity contribution is 0.0827. The number of carbonyl (C=O) groups excluding carboxylic acids is 2. The van der Waals surface area contributed by atoms with Gasteiger partial charge in [0.1, 0.15) is 12.4 Å². The Morgan fingerprint density at radius 3 is 2.30 bits per heavy atom. The van der Waals surface area contributed by atoms with Crippen LogP contribution in [0.2, 0.25) is 5.02 Å². The average Bonchev–Trinajstić information content (AvgIpc) is 2.77. The maximum Gasteiger partial charge on any atom is 0.255 e. The Morgan fingerprint density at radius 2 is 1.60 bits per heavy atom. The van der Waals surface area contributed by atoms with Gasteiger partial charge in [-0.15, -0.1) is 0 Å². The van der Waals surface area contributed by atoms with Gasteiger partial charge in [0, 0.05) is 36.8 Å². The summed E-state index contributed by atoms with van der Waals surface area (Å²) < 4.78 is 5.85. The predicted molar refractivity (Wildman–Crippen MR) is 118 cm³/mol. The van der Waals surface area contributed by atoms with E-state index in [1.54, 1.807) is 50.5 Å². The van der Waals surface area contributed by atoms with Crippen molar-refractivity contribution >= 4 is 23.4 Å². The zero-order valence-corrected chi connectivity index (χ0v) is 17.6. The highest BCUT2D eigenvalue weighted by atomic mass is 35.5. The molecule has 0 aromatic heterocycles. The first kappa shape index (κ1) is 21.4. The van der Waals surface area contributed by atoms with E-state index in [1.165, 1.54) is 4.90 Å². The number of benzene rings is 3. The van der Waals surface area contributed by atoms with E-state index < -0.39 is 0 Å². The summed E-state index contributed by atoms with van der Waals surface area (Å²) >= 11 is 6.18. The number of amides is 2. The number of hydrogen-bond acceptors (Lipinski definition) is 3. The van der Waals surface area contributed by atoms with Crippen molar-refractivity contribution in [1.82, 2.24) is 10.2 Å². The van der Waals surface area contributed by atoms with Crippen LogP contribution in [0.4, 0.5) is 0 Å². The Labute approximate surface area is 181 Å². The Balaban J connectivity index is 1.63. The standard InChI is InChI=1S/C24H23ClN2O3/c1-27(2)24(29)18-13-11-17(12-14-18)15-26-23(28)20-8-4-6-10-22(20)30-16-19-7-3-5-9-21(19)25/h3-14H,15-16H2,1-2H3,(H,26,28). The first-order valence-corrected chi connectivity index (χ1v) is 9.87. The lowest BCUT2D eigenvalue weighted by Gasteiger charge is -2.13. The van der Waals surface area contributed by atoms with E-state index in [-0.39, 0.29) is 18.4 Å². The first-order valence-electron chi connectivity index (χ1n) is 9.49. The molecule has 0 saturated heterocycles. The molecule has 0 aliphatic rings. The molecule has 0 unspecified atom stereocenters. The molecule has 0 heterocycles. The van der Waals surface area contributed by atoms with E-state index in [9.17, 15) is 9.59 Å². The van der Waals surface area contributed by atoms with Gasteiger partial charge in [0.25, 0.3) is 11.8 Å². The van der Waals surface area contributed by atoms with Gasteiger partial charge in [-0.25, -0.2) is 0 Å². The van der Waals surface area contributed by atoms with Crippen LogP contribution in [0.1, 0.15) is 31.8 Å². The summed E-state index contributed by atoms with van der Waals surface area (Å²) in [7, 11) is 3.42. The van der Waals surface area contributed by atoms with Crippen LogP contribution < -0.4 is 10.1 Å². The highest BCUT2D eigenvalue weighted by Crippen LogP contribution is 2.22. The van der Waals surface area contributed by atoms with Gasteiger partial charge in [-0.3, -0.25) is 9.59 Å². The second-order valence-corrected chi connectivity index (χ2v) is 7.36. The van der Waals surface area contributed by atoms with Crippen LogP contribution in [0.15, 0.2) is 72.8 Å². The van der Waals surface area contributed by atoms with Crippen LogP contribution in [0.25, 0.3) is 0 Å². The van der Waals surface area contributed by atoms with E-state index >= 15 is 0 Å². The summed E-state index contributed by atoms with van der Waals surface area (Å²) in [6.45, 7) is 0.611. The van der Waals surface area contributed by atoms with Crippen molar-refractivity contribution < 1.29 is 14.3 Å². The van der Waals surface area contributed by atoms with Crippen LogP contribution in [0, 0.1) is 0 Å². The molecule has 0 fully saturated rings. The van der Waals surface area contributed by atoms with E-state index in [2.05, 4.69) is 5.32 Å². The fourth-order valence-electron chi connectivity index (χ4n) is 2.85. The van der Waals surface area contributed by atoms with Gasteiger partial charge < -0.3 is 15.0 Å². The molecule has 0 saturated carbocycles. The minimum absolute atomic E-state index is 0.0600. The van der Waals surface area contributed by atoms with Crippen molar-refractivity contribution in [2.75, 3.05) is 14.1 Å². The quantitative estimate of drug-likeness (QED) is 0.607. The molecule has 6 heteroatoms. The van der Waals surface area contributed by atoms with E-state index in [0.29, 0.717) is 28.4 Å². The topological polar surface area (TPSA) is 58.6 Å². The molecule has 0 aliphatic carbocycles. The molecule has 5 nitrogen and oxygen atoms in total. The zero-order valence-electron chi connectivity index (χ0n) is 16.9. The van der Waals surface area contributed by atoms with E-state index in [1.807, 2.05) is 36.4 Å². The molecule has 3 rings (SSSR count). The van der Waals surface area contributed by atoms with Crippen molar-refractivity contribution in [3.05, 3.63) is 100 Å². The Morgan fingerprint density at radius 1 is 0.933 bits per heavy atom. The zero-order chi connectivity index (χ0) is 21.5. The summed E-state index contributed by atoms with van der Waals surface area (Å²) in [6, 6.07) is 21.7. The lowest BCUT2D eigenvalue weighted by Crippen LogP contribution is -2.24. The SMILES string of the molecule is CN(C)C(=O)c1ccc(CNC(=O)c2ccccc2OCc2ccccc2Cl)cc1. The van der Waals surface area contributed by atoms with Crippen LogP contribution >= 0.6 is 11.6 Å². The van der Waals surface area contributed by atoms with Gasteiger partial charge in [0.2, 0.25) is 0 Å². The van der Waals surface area contributed by atoms with Crippen molar-refractivity contribution in [1.29, 1.82) is 0 Å². The van der Waals surface area contributed by atoms with E-state index in [0.717, 1.165) is 11.1 Å². The Kier molecular flexibility index (Phi) is 7.09. The number of halogens is 1. The number of rotatable bonds is 7. The van der Waals surface area contributed by atoms with Gasteiger partial charge >= 0.3 is 0 Å². The molecule has 0 radical (unpaired) electrons. The molecule has 3 aromatic carbocycles. The molecule has 3 aromatic rings. The number of para-hydroxylation sites is 1. The molecule has 0 atom stereocenters. The monoisotopic (exact) mass is 422 g/mol. The predicted octanol–water partition coefficient (Wildman–Crippen LogP) is 4.55. The molecule has 0 spiro atoms. The maximum atomic E-state index is 12.7. The summed E-state index contributed by atoms with van der Waals surface area (Å²) in [5, 5.41) is 3.52. The normalized spacial score (nSPS) is 10.4. The molecule has 2 amide bonds. The smallest absolute Gasteiger partial charge is 0.255 e. The first-order chi connectivity index (χ1) is 14.5. The van der Waals surface area contributed by atoms with Gasteiger partial charge in [0.05, 0.1) is 5.56 Å². The summed E-state index contributed by atoms with van der Waals surface area (Å²) in [5.74, 6) is 0.190.